The molecule has 0 spiro atoms. The van der Waals surface area contributed by atoms with Gasteiger partial charge in [0.2, 0.25) is 0 Å². The molecule has 0 radical (unpaired) electrons. The molecule has 1 unspecified atom stereocenters. The molecule has 1 N–H and O–H groups in total. The number of nitrogens with zero attached hydrogens (tertiary/aromatic N) is 3. The van der Waals surface area contributed by atoms with Gasteiger partial charge >= 0.3 is 0 Å². The highest BCUT2D eigenvalue weighted by Crippen LogP contribution is 2.28. The molecule has 5 nitrogen and oxygen atoms in total. The number of likely N-dealkylation sites (tertiary alicyclic amines) is 1. The van der Waals surface area contributed by atoms with Crippen LogP contribution in [0.2, 0.25) is 0 Å². The summed E-state index contributed by atoms with van der Waals surface area (Å²) in [7, 11) is 1.71. The van der Waals surface area contributed by atoms with E-state index in [9.17, 15) is 0 Å². The van der Waals surface area contributed by atoms with Crippen molar-refractivity contribution in [2.45, 2.75) is 39.5 Å². The highest BCUT2D eigenvalue weighted by molar-refractivity contribution is 14.0. The van der Waals surface area contributed by atoms with Gasteiger partial charge in [-0.1, -0.05) is 12.1 Å². The molecule has 0 amide bonds. The van der Waals surface area contributed by atoms with Crippen molar-refractivity contribution in [3.05, 3.63) is 45.4 Å². The van der Waals surface area contributed by atoms with Crippen molar-refractivity contribution < 1.29 is 4.74 Å². The van der Waals surface area contributed by atoms with Gasteiger partial charge in [0.05, 0.1) is 17.8 Å². The number of nitrogens with one attached hydrogen (secondary N) is 1. The molecule has 28 heavy (non-hydrogen) atoms. The lowest BCUT2D eigenvalue weighted by molar-refractivity contribution is 0.414. The second-order valence-corrected chi connectivity index (χ2v) is 8.22. The zero-order valence-corrected chi connectivity index (χ0v) is 20.3. The molecule has 1 saturated heterocycles. The standard InChI is InChI=1S/C21H30N4OS.HI/c1-5-22-21(23-12-10-20-15(2)24-16(3)27-20)25-13-11-18(14-25)17-6-8-19(26-4)9-7-17;/h6-9,18H,5,10-14H2,1-4H3,(H,22,23);1H. The van der Waals surface area contributed by atoms with Crippen LogP contribution in [0.1, 0.15) is 40.4 Å². The Hall–Kier alpha value is -1.35. The van der Waals surface area contributed by atoms with E-state index in [0.717, 1.165) is 61.4 Å². The first kappa shape index (κ1) is 22.9. The minimum atomic E-state index is 0. The number of ether oxygens (including phenoxy) is 1. The van der Waals surface area contributed by atoms with E-state index in [1.54, 1.807) is 18.4 Å². The number of hydrogen-bond donors (Lipinski definition) is 1. The second kappa shape index (κ2) is 11.0. The Morgan fingerprint density at radius 1 is 1.32 bits per heavy atom. The van der Waals surface area contributed by atoms with Gasteiger partial charge in [-0.15, -0.1) is 35.3 Å². The number of rotatable bonds is 6. The topological polar surface area (TPSA) is 49.8 Å². The van der Waals surface area contributed by atoms with Crippen LogP contribution < -0.4 is 10.1 Å². The van der Waals surface area contributed by atoms with E-state index in [1.165, 1.54) is 10.4 Å². The number of guanidine groups is 1. The fourth-order valence-electron chi connectivity index (χ4n) is 3.60. The quantitative estimate of drug-likeness (QED) is 0.353. The molecule has 0 bridgehead atoms. The first-order valence-corrected chi connectivity index (χ1v) is 10.5. The van der Waals surface area contributed by atoms with E-state index < -0.39 is 0 Å². The summed E-state index contributed by atoms with van der Waals surface area (Å²) in [5, 5.41) is 4.60. The number of aromatic nitrogens is 1. The number of hydrogen-bond acceptors (Lipinski definition) is 4. The highest BCUT2D eigenvalue weighted by atomic mass is 127. The summed E-state index contributed by atoms with van der Waals surface area (Å²) >= 11 is 1.79. The van der Waals surface area contributed by atoms with Gasteiger partial charge in [-0.05, 0) is 44.9 Å². The van der Waals surface area contributed by atoms with Crippen LogP contribution in [-0.2, 0) is 6.42 Å². The largest absolute Gasteiger partial charge is 0.497 e. The molecular formula is C21H31IN4OS. The number of methoxy groups -OCH3 is 1. The fraction of sp³-hybridized carbons (Fsp3) is 0.524. The summed E-state index contributed by atoms with van der Waals surface area (Å²) in [5.41, 5.74) is 2.53. The lowest BCUT2D eigenvalue weighted by atomic mass is 9.98. The predicted octanol–water partition coefficient (Wildman–Crippen LogP) is 4.38. The van der Waals surface area contributed by atoms with Crippen LogP contribution in [0.5, 0.6) is 5.75 Å². The maximum atomic E-state index is 5.27. The van der Waals surface area contributed by atoms with Crippen LogP contribution in [0.4, 0.5) is 0 Å². The van der Waals surface area contributed by atoms with E-state index in [-0.39, 0.29) is 24.0 Å². The van der Waals surface area contributed by atoms with Gasteiger partial charge in [-0.3, -0.25) is 4.99 Å². The van der Waals surface area contributed by atoms with Gasteiger partial charge in [-0.25, -0.2) is 4.98 Å². The lowest BCUT2D eigenvalue weighted by Gasteiger charge is -2.22. The molecule has 0 saturated carbocycles. The average Bonchev–Trinajstić information content (AvgIpc) is 3.28. The van der Waals surface area contributed by atoms with Crippen LogP contribution >= 0.6 is 35.3 Å². The van der Waals surface area contributed by atoms with Crippen molar-refractivity contribution in [2.24, 2.45) is 4.99 Å². The smallest absolute Gasteiger partial charge is 0.193 e. The van der Waals surface area contributed by atoms with Gasteiger partial charge in [0.25, 0.3) is 0 Å². The molecule has 3 rings (SSSR count). The van der Waals surface area contributed by atoms with Crippen molar-refractivity contribution in [3.8, 4) is 5.75 Å². The third-order valence-electron chi connectivity index (χ3n) is 5.01. The van der Waals surface area contributed by atoms with Gasteiger partial charge < -0.3 is 15.0 Å². The van der Waals surface area contributed by atoms with Gasteiger partial charge in [-0.2, -0.15) is 0 Å². The lowest BCUT2D eigenvalue weighted by Crippen LogP contribution is -2.40. The fourth-order valence-corrected chi connectivity index (χ4v) is 4.52. The van der Waals surface area contributed by atoms with Gasteiger partial charge in [0.1, 0.15) is 5.75 Å². The number of benzene rings is 1. The van der Waals surface area contributed by atoms with Crippen molar-refractivity contribution in [1.82, 2.24) is 15.2 Å². The molecule has 7 heteroatoms. The molecule has 1 aliphatic heterocycles. The Morgan fingerprint density at radius 3 is 2.68 bits per heavy atom. The first-order valence-electron chi connectivity index (χ1n) is 9.70. The van der Waals surface area contributed by atoms with E-state index in [4.69, 9.17) is 9.73 Å². The maximum absolute atomic E-state index is 5.27. The molecule has 1 fully saturated rings. The summed E-state index contributed by atoms with van der Waals surface area (Å²) in [4.78, 5) is 13.1. The predicted molar refractivity (Wildman–Crippen MR) is 129 cm³/mol. The Kier molecular flexibility index (Phi) is 9.01. The molecule has 0 aliphatic carbocycles. The summed E-state index contributed by atoms with van der Waals surface area (Å²) in [6.07, 6.45) is 2.12. The van der Waals surface area contributed by atoms with Gasteiger partial charge in [0, 0.05) is 43.4 Å². The van der Waals surface area contributed by atoms with Crippen LogP contribution in [0, 0.1) is 13.8 Å². The Balaban J connectivity index is 0.00000280. The molecule has 1 aromatic carbocycles. The average molecular weight is 514 g/mol. The molecule has 154 valence electrons. The summed E-state index contributed by atoms with van der Waals surface area (Å²) in [5.74, 6) is 2.50. The van der Waals surface area contributed by atoms with E-state index in [1.807, 2.05) is 0 Å². The van der Waals surface area contributed by atoms with Crippen molar-refractivity contribution in [1.29, 1.82) is 0 Å². The third-order valence-corrected chi connectivity index (χ3v) is 6.14. The van der Waals surface area contributed by atoms with Crippen LogP contribution in [-0.4, -0.2) is 49.1 Å². The van der Waals surface area contributed by atoms with Crippen LogP contribution in [0.15, 0.2) is 29.3 Å². The number of thiazole rings is 1. The third kappa shape index (κ3) is 5.83. The molecule has 2 heterocycles. The highest BCUT2D eigenvalue weighted by Gasteiger charge is 2.26. The molecule has 1 aromatic heterocycles. The van der Waals surface area contributed by atoms with Crippen molar-refractivity contribution >= 4 is 41.3 Å². The summed E-state index contributed by atoms with van der Waals surface area (Å²) in [6.45, 7) is 10.0. The maximum Gasteiger partial charge on any atom is 0.193 e. The Labute approximate surface area is 189 Å². The normalized spacial score (nSPS) is 16.8. The van der Waals surface area contributed by atoms with Crippen LogP contribution in [0.25, 0.3) is 0 Å². The zero-order valence-electron chi connectivity index (χ0n) is 17.2. The minimum Gasteiger partial charge on any atom is -0.497 e. The minimum absolute atomic E-state index is 0. The molecule has 1 atom stereocenters. The van der Waals surface area contributed by atoms with E-state index in [0.29, 0.717) is 5.92 Å². The number of aliphatic imine (C=N–C) groups is 1. The summed E-state index contributed by atoms with van der Waals surface area (Å²) in [6, 6.07) is 8.48. The van der Waals surface area contributed by atoms with Crippen LogP contribution in [0.3, 0.4) is 0 Å². The van der Waals surface area contributed by atoms with Crippen molar-refractivity contribution in [3.63, 3.8) is 0 Å². The van der Waals surface area contributed by atoms with Gasteiger partial charge in [0.15, 0.2) is 5.96 Å². The SMILES string of the molecule is CCNC(=NCCc1sc(C)nc1C)N1CCC(c2ccc(OC)cc2)C1.I. The molecular weight excluding hydrogens is 483 g/mol. The Bertz CT molecular complexity index is 775. The Morgan fingerprint density at radius 2 is 2.07 bits per heavy atom. The zero-order chi connectivity index (χ0) is 19.2. The van der Waals surface area contributed by atoms with Crippen molar-refractivity contribution in [2.75, 3.05) is 33.3 Å². The van der Waals surface area contributed by atoms with E-state index in [2.05, 4.69) is 60.2 Å². The van der Waals surface area contributed by atoms with E-state index >= 15 is 0 Å². The number of halogens is 1. The molecule has 1 aliphatic rings. The number of aryl methyl sites for hydroxylation is 2. The second-order valence-electron chi connectivity index (χ2n) is 6.93. The monoisotopic (exact) mass is 514 g/mol. The first-order chi connectivity index (χ1) is 13.1. The molecule has 2 aromatic rings. The summed E-state index contributed by atoms with van der Waals surface area (Å²) < 4.78 is 5.27.